The summed E-state index contributed by atoms with van der Waals surface area (Å²) in [5.74, 6) is 0.828. The number of urea groups is 1. The fourth-order valence-electron chi connectivity index (χ4n) is 4.11. The van der Waals surface area contributed by atoms with Crippen LogP contribution in [0.3, 0.4) is 0 Å². The van der Waals surface area contributed by atoms with Crippen LogP contribution in [0.5, 0.6) is 5.88 Å². The van der Waals surface area contributed by atoms with E-state index in [1.54, 1.807) is 4.68 Å². The summed E-state index contributed by atoms with van der Waals surface area (Å²) in [6.45, 7) is 1.17. The van der Waals surface area contributed by atoms with Gasteiger partial charge >= 0.3 is 6.03 Å². The van der Waals surface area contributed by atoms with Crippen LogP contribution in [0.15, 0.2) is 27.6 Å². The molecule has 0 spiro atoms. The largest absolute Gasteiger partial charge is 0.477 e. The van der Waals surface area contributed by atoms with E-state index in [-0.39, 0.29) is 4.90 Å². The van der Waals surface area contributed by atoms with Crippen LogP contribution in [0, 0.1) is 0 Å². The van der Waals surface area contributed by atoms with E-state index in [1.807, 2.05) is 0 Å². The molecule has 9 heteroatoms. The van der Waals surface area contributed by atoms with Crippen molar-refractivity contribution in [1.82, 2.24) is 9.78 Å². The van der Waals surface area contributed by atoms with Crippen LogP contribution in [0.2, 0.25) is 0 Å². The van der Waals surface area contributed by atoms with Crippen LogP contribution in [0.4, 0.5) is 10.5 Å². The van der Waals surface area contributed by atoms with E-state index in [4.69, 9.17) is 9.88 Å². The Labute approximate surface area is 163 Å². The quantitative estimate of drug-likeness (QED) is 0.823. The molecule has 0 radical (unpaired) electrons. The molecule has 5 rings (SSSR count). The van der Waals surface area contributed by atoms with E-state index in [0.29, 0.717) is 24.9 Å². The summed E-state index contributed by atoms with van der Waals surface area (Å²) in [7, 11) is -3.45. The molecule has 2 aromatic rings. The predicted octanol–water partition coefficient (Wildman–Crippen LogP) is 2.96. The highest BCUT2D eigenvalue weighted by atomic mass is 32.2. The number of carbonyl (C=O) groups excluding carboxylic acids is 1. The van der Waals surface area contributed by atoms with Gasteiger partial charge in [0, 0.05) is 18.7 Å². The van der Waals surface area contributed by atoms with Crippen molar-refractivity contribution in [3.8, 4) is 5.88 Å². The summed E-state index contributed by atoms with van der Waals surface area (Å²) in [6, 6.07) is 3.59. The van der Waals surface area contributed by atoms with Gasteiger partial charge in [-0.3, -0.25) is 0 Å². The Hall–Kier alpha value is -2.39. The zero-order valence-corrected chi connectivity index (χ0v) is 16.3. The van der Waals surface area contributed by atoms with E-state index in [0.717, 1.165) is 49.8 Å². The van der Waals surface area contributed by atoms with Crippen LogP contribution in [0.1, 0.15) is 48.3 Å². The van der Waals surface area contributed by atoms with Gasteiger partial charge in [-0.1, -0.05) is 12.1 Å². The first kappa shape index (κ1) is 17.7. The Bertz CT molecular complexity index is 1080. The summed E-state index contributed by atoms with van der Waals surface area (Å²) in [6.07, 6.45) is 7.51. The second-order valence-electron chi connectivity index (χ2n) is 7.62. The number of aromatic nitrogens is 2. The van der Waals surface area contributed by atoms with Crippen molar-refractivity contribution < 1.29 is 13.7 Å². The lowest BCUT2D eigenvalue weighted by Gasteiger charge is -2.16. The number of aryl methyl sites for hydroxylation is 2. The Kier molecular flexibility index (Phi) is 4.17. The van der Waals surface area contributed by atoms with Crippen molar-refractivity contribution in [1.29, 1.82) is 0 Å². The highest BCUT2D eigenvalue weighted by Crippen LogP contribution is 2.46. The number of anilines is 1. The Balaban J connectivity index is 1.47. The lowest BCUT2D eigenvalue weighted by molar-refractivity contribution is 0.224. The van der Waals surface area contributed by atoms with Gasteiger partial charge in [-0.2, -0.15) is 5.10 Å². The van der Waals surface area contributed by atoms with E-state index in [1.165, 1.54) is 17.3 Å². The van der Waals surface area contributed by atoms with Gasteiger partial charge in [-0.15, -0.1) is 4.36 Å². The molecule has 2 amide bonds. The minimum Gasteiger partial charge on any atom is -0.477 e. The molecule has 148 valence electrons. The van der Waals surface area contributed by atoms with Crippen LogP contribution < -0.4 is 15.2 Å². The number of ether oxygens (including phenoxy) is 1. The van der Waals surface area contributed by atoms with Crippen molar-refractivity contribution in [3.63, 3.8) is 0 Å². The third-order valence-corrected chi connectivity index (χ3v) is 6.96. The number of rotatable bonds is 3. The third-order valence-electron chi connectivity index (χ3n) is 5.61. The summed E-state index contributed by atoms with van der Waals surface area (Å²) in [5.41, 5.74) is 4.45. The molecule has 1 aromatic heterocycles. The fourth-order valence-corrected chi connectivity index (χ4v) is 5.12. The third kappa shape index (κ3) is 3.08. The first-order chi connectivity index (χ1) is 13.5. The number of nitrogens with one attached hydrogen (secondary N) is 1. The van der Waals surface area contributed by atoms with E-state index in [9.17, 15) is 9.00 Å². The van der Waals surface area contributed by atoms with Crippen LogP contribution in [-0.2, 0) is 29.3 Å². The normalized spacial score (nSPS) is 19.9. The predicted molar refractivity (Wildman–Crippen MR) is 105 cm³/mol. The fraction of sp³-hybridized carbons (Fsp3) is 0.474. The van der Waals surface area contributed by atoms with Gasteiger partial charge in [0.1, 0.15) is 4.90 Å². The Morgan fingerprint density at radius 2 is 2.18 bits per heavy atom. The summed E-state index contributed by atoms with van der Waals surface area (Å²) in [4.78, 5) is 12.9. The van der Waals surface area contributed by atoms with Crippen LogP contribution in [0.25, 0.3) is 0 Å². The maximum absolute atomic E-state index is 13.0. The number of benzene rings is 1. The Morgan fingerprint density at radius 1 is 1.32 bits per heavy atom. The van der Waals surface area contributed by atoms with Crippen molar-refractivity contribution in [2.45, 2.75) is 55.9 Å². The smallest absolute Gasteiger partial charge is 0.354 e. The maximum Gasteiger partial charge on any atom is 0.354 e. The summed E-state index contributed by atoms with van der Waals surface area (Å²) >= 11 is 0. The lowest BCUT2D eigenvalue weighted by Crippen LogP contribution is -2.21. The lowest BCUT2D eigenvalue weighted by atomic mass is 10.00. The highest BCUT2D eigenvalue weighted by molar-refractivity contribution is 7.91. The van der Waals surface area contributed by atoms with Crippen LogP contribution in [-0.4, -0.2) is 26.6 Å². The van der Waals surface area contributed by atoms with Gasteiger partial charge in [0.05, 0.1) is 12.8 Å². The Morgan fingerprint density at radius 3 is 3.00 bits per heavy atom. The molecule has 3 aliphatic rings. The van der Waals surface area contributed by atoms with E-state index in [2.05, 4.69) is 26.9 Å². The highest BCUT2D eigenvalue weighted by Gasteiger charge is 2.30. The number of hydrogen-bond donors (Lipinski definition) is 2. The number of nitrogens with zero attached hydrogens (tertiary/aromatic N) is 3. The minimum absolute atomic E-state index is 0.169. The minimum atomic E-state index is -3.45. The molecular formula is C19H23N5O3S. The van der Waals surface area contributed by atoms with Crippen molar-refractivity contribution in [3.05, 3.63) is 35.0 Å². The summed E-state index contributed by atoms with van der Waals surface area (Å²) < 4.78 is 24.0. The second-order valence-corrected chi connectivity index (χ2v) is 9.38. The van der Waals surface area contributed by atoms with Gasteiger partial charge < -0.3 is 10.1 Å². The molecule has 8 nitrogen and oxygen atoms in total. The molecular weight excluding hydrogens is 378 g/mol. The van der Waals surface area contributed by atoms with Gasteiger partial charge in [0.2, 0.25) is 5.88 Å². The van der Waals surface area contributed by atoms with Crippen molar-refractivity contribution >= 4 is 21.6 Å². The van der Waals surface area contributed by atoms with Gasteiger partial charge in [-0.25, -0.2) is 18.8 Å². The molecule has 1 atom stereocenters. The molecule has 2 aliphatic carbocycles. The average Bonchev–Trinajstić information content (AvgIpc) is 3.22. The van der Waals surface area contributed by atoms with E-state index < -0.39 is 15.9 Å². The number of nitrogens with two attached hydrogens (primary N) is 1. The topological polar surface area (TPSA) is 112 Å². The standard InChI is InChI=1S/C19H23N5O3S/c20-28(26,16-11-21-24-9-2-10-27-18(16)24)23-19(25)22-17-14-4-1-3-12(14)7-8-15(17)13-5-6-13/h7-8,11,13H,1-6,9-10H2,(H3,20,22,23,25,26). The van der Waals surface area contributed by atoms with Crippen molar-refractivity contribution in [2.24, 2.45) is 9.50 Å². The average molecular weight is 401 g/mol. The zero-order chi connectivity index (χ0) is 19.3. The van der Waals surface area contributed by atoms with Gasteiger partial charge in [-0.05, 0) is 54.7 Å². The van der Waals surface area contributed by atoms with Gasteiger partial charge in [0.15, 0.2) is 9.92 Å². The molecule has 1 unspecified atom stereocenters. The van der Waals surface area contributed by atoms with E-state index >= 15 is 0 Å². The number of fused-ring (bicyclic) bond motifs is 2. The monoisotopic (exact) mass is 401 g/mol. The molecule has 1 fully saturated rings. The molecule has 28 heavy (non-hydrogen) atoms. The zero-order valence-electron chi connectivity index (χ0n) is 15.5. The first-order valence-corrected chi connectivity index (χ1v) is 11.3. The SMILES string of the molecule is NS(=O)(=NC(=O)Nc1c(C2CC2)ccc2c1CCC2)c1cnn2c1OCCC2. The number of amides is 2. The molecule has 2 heterocycles. The second kappa shape index (κ2) is 6.59. The van der Waals surface area contributed by atoms with Gasteiger partial charge in [0.25, 0.3) is 0 Å². The molecule has 3 N–H and O–H groups in total. The van der Waals surface area contributed by atoms with Crippen molar-refractivity contribution in [2.75, 3.05) is 11.9 Å². The number of carbonyl (C=O) groups is 1. The molecule has 0 saturated heterocycles. The maximum atomic E-state index is 13.0. The molecule has 0 bridgehead atoms. The summed E-state index contributed by atoms with van der Waals surface area (Å²) in [5, 5.41) is 13.0. The first-order valence-electron chi connectivity index (χ1n) is 9.72. The molecule has 1 saturated carbocycles. The number of hydrogen-bond acceptors (Lipinski definition) is 4. The van der Waals surface area contributed by atoms with Crippen LogP contribution >= 0.6 is 0 Å². The molecule has 1 aliphatic heterocycles. The molecule has 1 aromatic carbocycles.